The molecule has 1 rings (SSSR count). The average molecular weight is 282 g/mol. The standard InChI is InChI=1S/C13H16BrNO/c1-3-12(4-2)15-9-13(16)10-6-5-7-11(14)8-10/h1,5-8,12-13,15-16H,4,9H2,2H3. The number of aliphatic hydroxyl groups excluding tert-OH is 1. The Balaban J connectivity index is 2.53. The topological polar surface area (TPSA) is 32.3 Å². The summed E-state index contributed by atoms with van der Waals surface area (Å²) >= 11 is 3.37. The lowest BCUT2D eigenvalue weighted by Gasteiger charge is -2.15. The van der Waals surface area contributed by atoms with Crippen LogP contribution >= 0.6 is 15.9 Å². The molecule has 0 aliphatic heterocycles. The largest absolute Gasteiger partial charge is 0.387 e. The summed E-state index contributed by atoms with van der Waals surface area (Å²) < 4.78 is 0.966. The van der Waals surface area contributed by atoms with Gasteiger partial charge in [-0.3, -0.25) is 0 Å². The molecular weight excluding hydrogens is 266 g/mol. The van der Waals surface area contributed by atoms with E-state index in [0.717, 1.165) is 16.5 Å². The van der Waals surface area contributed by atoms with E-state index in [2.05, 4.69) is 27.2 Å². The Morgan fingerprint density at radius 2 is 2.31 bits per heavy atom. The van der Waals surface area contributed by atoms with E-state index >= 15 is 0 Å². The maximum atomic E-state index is 9.93. The van der Waals surface area contributed by atoms with Gasteiger partial charge in [-0.2, -0.15) is 0 Å². The highest BCUT2D eigenvalue weighted by Crippen LogP contribution is 2.17. The molecular formula is C13H16BrNO. The van der Waals surface area contributed by atoms with Gasteiger partial charge in [0.2, 0.25) is 0 Å². The van der Waals surface area contributed by atoms with Crippen molar-refractivity contribution in [2.75, 3.05) is 6.54 Å². The normalized spacial score (nSPS) is 14.1. The predicted octanol–water partition coefficient (Wildman–Crippen LogP) is 2.48. The van der Waals surface area contributed by atoms with Crippen molar-refractivity contribution in [1.82, 2.24) is 5.32 Å². The van der Waals surface area contributed by atoms with Crippen LogP contribution in [0.2, 0.25) is 0 Å². The molecule has 0 amide bonds. The number of rotatable bonds is 5. The second-order valence-corrected chi connectivity index (χ2v) is 4.52. The van der Waals surface area contributed by atoms with Crippen LogP contribution in [0.15, 0.2) is 28.7 Å². The van der Waals surface area contributed by atoms with E-state index in [9.17, 15) is 5.11 Å². The fourth-order valence-electron chi connectivity index (χ4n) is 1.41. The van der Waals surface area contributed by atoms with E-state index in [1.54, 1.807) is 0 Å². The van der Waals surface area contributed by atoms with Crippen LogP contribution in [0.4, 0.5) is 0 Å². The summed E-state index contributed by atoms with van der Waals surface area (Å²) in [5.41, 5.74) is 0.883. The van der Waals surface area contributed by atoms with Crippen LogP contribution in [0.25, 0.3) is 0 Å². The van der Waals surface area contributed by atoms with Crippen LogP contribution in [0.5, 0.6) is 0 Å². The zero-order valence-corrected chi connectivity index (χ0v) is 10.9. The van der Waals surface area contributed by atoms with Gasteiger partial charge in [-0.1, -0.05) is 40.9 Å². The van der Waals surface area contributed by atoms with E-state index in [1.165, 1.54) is 0 Å². The summed E-state index contributed by atoms with van der Waals surface area (Å²) in [6.45, 7) is 2.49. The van der Waals surface area contributed by atoms with Gasteiger partial charge in [-0.25, -0.2) is 0 Å². The molecule has 86 valence electrons. The van der Waals surface area contributed by atoms with Crippen LogP contribution in [-0.4, -0.2) is 17.7 Å². The third-order valence-corrected chi connectivity index (χ3v) is 2.89. The molecule has 0 saturated carbocycles. The molecule has 2 N–H and O–H groups in total. The van der Waals surface area contributed by atoms with Crippen molar-refractivity contribution >= 4 is 15.9 Å². The third kappa shape index (κ3) is 3.97. The highest BCUT2D eigenvalue weighted by atomic mass is 79.9. The first-order valence-electron chi connectivity index (χ1n) is 5.30. The van der Waals surface area contributed by atoms with Crippen LogP contribution in [0.1, 0.15) is 25.0 Å². The first-order valence-corrected chi connectivity index (χ1v) is 6.09. The van der Waals surface area contributed by atoms with Crippen molar-refractivity contribution in [3.05, 3.63) is 34.3 Å². The van der Waals surface area contributed by atoms with Crippen LogP contribution in [-0.2, 0) is 0 Å². The molecule has 0 aromatic heterocycles. The Kier molecular flexibility index (Phi) is 5.54. The van der Waals surface area contributed by atoms with Crippen LogP contribution < -0.4 is 5.32 Å². The molecule has 16 heavy (non-hydrogen) atoms. The summed E-state index contributed by atoms with van der Waals surface area (Å²) in [4.78, 5) is 0. The minimum Gasteiger partial charge on any atom is -0.387 e. The first kappa shape index (κ1) is 13.2. The number of nitrogens with one attached hydrogen (secondary N) is 1. The van der Waals surface area contributed by atoms with E-state index in [0.29, 0.717) is 6.54 Å². The van der Waals surface area contributed by atoms with Crippen LogP contribution in [0, 0.1) is 12.3 Å². The van der Waals surface area contributed by atoms with Crippen molar-refractivity contribution in [1.29, 1.82) is 0 Å². The number of hydrogen-bond acceptors (Lipinski definition) is 2. The van der Waals surface area contributed by atoms with Crippen molar-refractivity contribution < 1.29 is 5.11 Å². The number of terminal acetylenes is 1. The molecule has 0 aliphatic rings. The maximum Gasteiger partial charge on any atom is 0.0915 e. The van der Waals surface area contributed by atoms with Crippen LogP contribution in [0.3, 0.4) is 0 Å². The van der Waals surface area contributed by atoms with Gasteiger partial charge in [-0.05, 0) is 24.1 Å². The van der Waals surface area contributed by atoms with Gasteiger partial charge >= 0.3 is 0 Å². The molecule has 3 heteroatoms. The minimum absolute atomic E-state index is 0.0294. The summed E-state index contributed by atoms with van der Waals surface area (Å²) in [5, 5.41) is 13.1. The lowest BCUT2D eigenvalue weighted by atomic mass is 10.1. The summed E-state index contributed by atoms with van der Waals surface area (Å²) in [5.74, 6) is 2.64. The molecule has 0 aliphatic carbocycles. The molecule has 2 atom stereocenters. The summed E-state index contributed by atoms with van der Waals surface area (Å²) in [7, 11) is 0. The molecule has 0 spiro atoms. The van der Waals surface area contributed by atoms with Gasteiger partial charge < -0.3 is 10.4 Å². The van der Waals surface area contributed by atoms with Gasteiger partial charge in [0.1, 0.15) is 0 Å². The second-order valence-electron chi connectivity index (χ2n) is 3.61. The molecule has 2 unspecified atom stereocenters. The molecule has 0 heterocycles. The molecule has 1 aromatic carbocycles. The van der Waals surface area contributed by atoms with Gasteiger partial charge in [0.15, 0.2) is 0 Å². The monoisotopic (exact) mass is 281 g/mol. The molecule has 0 saturated heterocycles. The lowest BCUT2D eigenvalue weighted by Crippen LogP contribution is -2.31. The fourth-order valence-corrected chi connectivity index (χ4v) is 1.82. The number of halogens is 1. The molecule has 1 aromatic rings. The molecule has 0 fully saturated rings. The fraction of sp³-hybridized carbons (Fsp3) is 0.385. The van der Waals surface area contributed by atoms with Gasteiger partial charge in [0.25, 0.3) is 0 Å². The van der Waals surface area contributed by atoms with E-state index in [1.807, 2.05) is 31.2 Å². The number of hydrogen-bond donors (Lipinski definition) is 2. The molecule has 2 nitrogen and oxygen atoms in total. The smallest absolute Gasteiger partial charge is 0.0915 e. The first-order chi connectivity index (χ1) is 7.67. The molecule has 0 radical (unpaired) electrons. The van der Waals surface area contributed by atoms with E-state index in [-0.39, 0.29) is 6.04 Å². The third-order valence-electron chi connectivity index (χ3n) is 2.40. The highest BCUT2D eigenvalue weighted by molar-refractivity contribution is 9.10. The van der Waals surface area contributed by atoms with Crippen molar-refractivity contribution in [2.45, 2.75) is 25.5 Å². The van der Waals surface area contributed by atoms with Gasteiger partial charge in [-0.15, -0.1) is 6.42 Å². The SMILES string of the molecule is C#CC(CC)NCC(O)c1cccc(Br)c1. The maximum absolute atomic E-state index is 9.93. The Labute approximate surface area is 105 Å². The number of aliphatic hydroxyl groups is 1. The minimum atomic E-state index is -0.528. The Bertz CT molecular complexity index is 372. The summed E-state index contributed by atoms with van der Waals surface area (Å²) in [6, 6.07) is 7.67. The zero-order chi connectivity index (χ0) is 12.0. The van der Waals surface area contributed by atoms with Crippen molar-refractivity contribution in [3.63, 3.8) is 0 Å². The Hall–Kier alpha value is -0.820. The molecule has 0 bridgehead atoms. The Morgan fingerprint density at radius 1 is 1.56 bits per heavy atom. The van der Waals surface area contributed by atoms with Crippen molar-refractivity contribution in [3.8, 4) is 12.3 Å². The second kappa shape index (κ2) is 6.70. The Morgan fingerprint density at radius 3 is 2.88 bits per heavy atom. The highest BCUT2D eigenvalue weighted by Gasteiger charge is 2.09. The zero-order valence-electron chi connectivity index (χ0n) is 9.28. The average Bonchev–Trinajstić information content (AvgIpc) is 2.30. The lowest BCUT2D eigenvalue weighted by molar-refractivity contribution is 0.172. The predicted molar refractivity (Wildman–Crippen MR) is 70.0 cm³/mol. The quantitative estimate of drug-likeness (QED) is 0.813. The summed E-state index contributed by atoms with van der Waals surface area (Å²) in [6.07, 6.45) is 5.67. The van der Waals surface area contributed by atoms with Gasteiger partial charge in [0, 0.05) is 11.0 Å². The number of benzene rings is 1. The van der Waals surface area contributed by atoms with E-state index < -0.39 is 6.10 Å². The van der Waals surface area contributed by atoms with Gasteiger partial charge in [0.05, 0.1) is 12.1 Å². The van der Waals surface area contributed by atoms with E-state index in [4.69, 9.17) is 6.42 Å². The van der Waals surface area contributed by atoms with Crippen molar-refractivity contribution in [2.24, 2.45) is 0 Å².